The molecule has 0 aliphatic carbocycles. The fraction of sp³-hybridized carbons (Fsp3) is 0.538. The molecule has 0 fully saturated rings. The lowest BCUT2D eigenvalue weighted by Crippen LogP contribution is -2.13. The number of hydrogen-bond donors (Lipinski definition) is 1. The summed E-state index contributed by atoms with van der Waals surface area (Å²) >= 11 is 1.85. The Kier molecular flexibility index (Phi) is 3.82. The van der Waals surface area contributed by atoms with Gasteiger partial charge in [-0.1, -0.05) is 25.9 Å². The van der Waals surface area contributed by atoms with Crippen LogP contribution in [0.15, 0.2) is 16.7 Å². The van der Waals surface area contributed by atoms with Crippen molar-refractivity contribution in [3.63, 3.8) is 0 Å². The van der Waals surface area contributed by atoms with Gasteiger partial charge >= 0.3 is 0 Å². The van der Waals surface area contributed by atoms with Gasteiger partial charge in [-0.3, -0.25) is 0 Å². The maximum atomic E-state index is 4.92. The monoisotopic (exact) mass is 265 g/mol. The van der Waals surface area contributed by atoms with Crippen molar-refractivity contribution in [1.82, 2.24) is 15.5 Å². The second-order valence-electron chi connectivity index (χ2n) is 5.35. The predicted molar refractivity (Wildman–Crippen MR) is 72.6 cm³/mol. The molecule has 98 valence electrons. The highest BCUT2D eigenvalue weighted by Gasteiger charge is 2.15. The SMILES string of the molecule is Cc1nc(CNCc2ccc(C(C)(C)C)s2)no1. The Hall–Kier alpha value is -1.20. The summed E-state index contributed by atoms with van der Waals surface area (Å²) in [7, 11) is 0. The van der Waals surface area contributed by atoms with E-state index < -0.39 is 0 Å². The number of nitrogens with one attached hydrogen (secondary N) is 1. The van der Waals surface area contributed by atoms with Gasteiger partial charge in [0.2, 0.25) is 5.89 Å². The summed E-state index contributed by atoms with van der Waals surface area (Å²) in [5.74, 6) is 1.32. The van der Waals surface area contributed by atoms with Crippen molar-refractivity contribution in [1.29, 1.82) is 0 Å². The number of aryl methyl sites for hydroxylation is 1. The first-order chi connectivity index (χ1) is 8.45. The van der Waals surface area contributed by atoms with E-state index in [0.29, 0.717) is 18.3 Å². The molecule has 2 rings (SSSR count). The van der Waals surface area contributed by atoms with Gasteiger partial charge in [0.1, 0.15) is 0 Å². The molecule has 2 aromatic heterocycles. The van der Waals surface area contributed by atoms with E-state index in [1.54, 1.807) is 6.92 Å². The minimum absolute atomic E-state index is 0.230. The molecule has 1 N–H and O–H groups in total. The van der Waals surface area contributed by atoms with Crippen LogP contribution in [0.2, 0.25) is 0 Å². The largest absolute Gasteiger partial charge is 0.340 e. The smallest absolute Gasteiger partial charge is 0.223 e. The predicted octanol–water partition coefficient (Wildman–Crippen LogP) is 3.03. The van der Waals surface area contributed by atoms with Crippen LogP contribution in [-0.2, 0) is 18.5 Å². The molecule has 0 bridgehead atoms. The Morgan fingerprint density at radius 3 is 2.61 bits per heavy atom. The second kappa shape index (κ2) is 5.20. The van der Waals surface area contributed by atoms with Crippen LogP contribution in [-0.4, -0.2) is 10.1 Å². The minimum atomic E-state index is 0.230. The van der Waals surface area contributed by atoms with Crippen molar-refractivity contribution < 1.29 is 4.52 Å². The maximum Gasteiger partial charge on any atom is 0.223 e. The molecule has 0 aromatic carbocycles. The molecule has 0 amide bonds. The number of aromatic nitrogens is 2. The standard InChI is InChI=1S/C13H19N3OS/c1-9-15-12(16-17-9)8-14-7-10-5-6-11(18-10)13(2,3)4/h5-6,14H,7-8H2,1-4H3. The molecule has 0 aliphatic heterocycles. The Labute approximate surface area is 111 Å². The zero-order valence-corrected chi connectivity index (χ0v) is 12.1. The van der Waals surface area contributed by atoms with E-state index in [1.807, 2.05) is 11.3 Å². The lowest BCUT2D eigenvalue weighted by atomic mass is 9.95. The minimum Gasteiger partial charge on any atom is -0.340 e. The van der Waals surface area contributed by atoms with E-state index in [0.717, 1.165) is 6.54 Å². The normalized spacial score (nSPS) is 12.0. The fourth-order valence-electron chi connectivity index (χ4n) is 1.59. The molecule has 0 atom stereocenters. The molecule has 0 aliphatic rings. The average Bonchev–Trinajstić information content (AvgIpc) is 2.87. The molecular weight excluding hydrogens is 246 g/mol. The molecule has 0 unspecified atom stereocenters. The quantitative estimate of drug-likeness (QED) is 0.923. The van der Waals surface area contributed by atoms with Crippen LogP contribution in [0.25, 0.3) is 0 Å². The van der Waals surface area contributed by atoms with Crippen molar-refractivity contribution in [2.24, 2.45) is 0 Å². The summed E-state index contributed by atoms with van der Waals surface area (Å²) in [6.45, 7) is 9.98. The average molecular weight is 265 g/mol. The molecule has 0 spiro atoms. The Morgan fingerprint density at radius 2 is 2.06 bits per heavy atom. The van der Waals surface area contributed by atoms with Crippen molar-refractivity contribution in [3.8, 4) is 0 Å². The molecule has 18 heavy (non-hydrogen) atoms. The van der Waals surface area contributed by atoms with Gasteiger partial charge in [-0.25, -0.2) is 0 Å². The van der Waals surface area contributed by atoms with Gasteiger partial charge in [-0.2, -0.15) is 4.98 Å². The summed E-state index contributed by atoms with van der Waals surface area (Å²) in [5, 5.41) is 7.17. The van der Waals surface area contributed by atoms with Gasteiger partial charge in [-0.05, 0) is 17.5 Å². The molecular formula is C13H19N3OS. The van der Waals surface area contributed by atoms with E-state index in [1.165, 1.54) is 9.75 Å². The third-order valence-corrected chi connectivity index (χ3v) is 4.06. The van der Waals surface area contributed by atoms with E-state index in [9.17, 15) is 0 Å². The van der Waals surface area contributed by atoms with Crippen molar-refractivity contribution >= 4 is 11.3 Å². The summed E-state index contributed by atoms with van der Waals surface area (Å²) in [6.07, 6.45) is 0. The Bertz CT molecular complexity index is 510. The first-order valence-electron chi connectivity index (χ1n) is 6.04. The zero-order valence-electron chi connectivity index (χ0n) is 11.3. The van der Waals surface area contributed by atoms with Crippen LogP contribution in [0, 0.1) is 6.92 Å². The van der Waals surface area contributed by atoms with Gasteiger partial charge in [-0.15, -0.1) is 11.3 Å². The van der Waals surface area contributed by atoms with Gasteiger partial charge < -0.3 is 9.84 Å². The van der Waals surface area contributed by atoms with Gasteiger partial charge in [0.25, 0.3) is 0 Å². The molecule has 5 heteroatoms. The van der Waals surface area contributed by atoms with Crippen molar-refractivity contribution in [3.05, 3.63) is 33.6 Å². The summed E-state index contributed by atoms with van der Waals surface area (Å²) in [6, 6.07) is 4.39. The first-order valence-corrected chi connectivity index (χ1v) is 6.86. The zero-order chi connectivity index (χ0) is 13.2. The lowest BCUT2D eigenvalue weighted by Gasteiger charge is -2.15. The maximum absolute atomic E-state index is 4.92. The first kappa shape index (κ1) is 13.2. The van der Waals surface area contributed by atoms with Crippen molar-refractivity contribution in [2.45, 2.75) is 46.2 Å². The van der Waals surface area contributed by atoms with Crippen molar-refractivity contribution in [2.75, 3.05) is 0 Å². The summed E-state index contributed by atoms with van der Waals surface area (Å²) in [5.41, 5.74) is 0.230. The highest BCUT2D eigenvalue weighted by molar-refractivity contribution is 7.12. The van der Waals surface area contributed by atoms with Crippen LogP contribution in [0.3, 0.4) is 0 Å². The Morgan fingerprint density at radius 1 is 1.28 bits per heavy atom. The van der Waals surface area contributed by atoms with Gasteiger partial charge in [0.05, 0.1) is 6.54 Å². The topological polar surface area (TPSA) is 51.0 Å². The molecule has 2 heterocycles. The number of rotatable bonds is 4. The molecule has 2 aromatic rings. The van der Waals surface area contributed by atoms with E-state index in [2.05, 4.69) is 48.4 Å². The third kappa shape index (κ3) is 3.40. The summed E-state index contributed by atoms with van der Waals surface area (Å²) in [4.78, 5) is 6.89. The van der Waals surface area contributed by atoms with Gasteiger partial charge in [0.15, 0.2) is 5.82 Å². The van der Waals surface area contributed by atoms with Crippen LogP contribution in [0.4, 0.5) is 0 Å². The molecule has 0 saturated carbocycles. The fourth-order valence-corrected chi connectivity index (χ4v) is 2.62. The lowest BCUT2D eigenvalue weighted by molar-refractivity contribution is 0.385. The van der Waals surface area contributed by atoms with Crippen LogP contribution in [0.1, 0.15) is 42.2 Å². The molecule has 0 radical (unpaired) electrons. The second-order valence-corrected chi connectivity index (χ2v) is 6.52. The van der Waals surface area contributed by atoms with Crippen LogP contribution < -0.4 is 5.32 Å². The number of nitrogens with zero attached hydrogens (tertiary/aromatic N) is 2. The van der Waals surface area contributed by atoms with Crippen LogP contribution >= 0.6 is 11.3 Å². The van der Waals surface area contributed by atoms with E-state index in [-0.39, 0.29) is 5.41 Å². The van der Waals surface area contributed by atoms with E-state index in [4.69, 9.17) is 4.52 Å². The highest BCUT2D eigenvalue weighted by Crippen LogP contribution is 2.29. The molecule has 4 nitrogen and oxygen atoms in total. The van der Waals surface area contributed by atoms with Gasteiger partial charge in [0, 0.05) is 23.2 Å². The highest BCUT2D eigenvalue weighted by atomic mass is 32.1. The Balaban J connectivity index is 1.85. The third-order valence-electron chi connectivity index (χ3n) is 2.55. The van der Waals surface area contributed by atoms with E-state index >= 15 is 0 Å². The number of hydrogen-bond acceptors (Lipinski definition) is 5. The number of thiophene rings is 1. The van der Waals surface area contributed by atoms with Crippen LogP contribution in [0.5, 0.6) is 0 Å². The summed E-state index contributed by atoms with van der Waals surface area (Å²) < 4.78 is 4.92. The molecule has 0 saturated heterocycles.